The molecule has 13 heteroatoms. The molecule has 4 rings (SSSR count). The predicted octanol–water partition coefficient (Wildman–Crippen LogP) is 1.79. The molecule has 1 unspecified atom stereocenters. The molecule has 0 saturated carbocycles. The maximum Gasteiger partial charge on any atom is 0.270 e. The summed E-state index contributed by atoms with van der Waals surface area (Å²) in [6.45, 7) is 3.32. The molecule has 1 fully saturated rings. The summed E-state index contributed by atoms with van der Waals surface area (Å²) in [5, 5.41) is 15.5. The Labute approximate surface area is 208 Å². The van der Waals surface area contributed by atoms with Gasteiger partial charge in [-0.3, -0.25) is 4.79 Å². The molecule has 3 heterocycles. The van der Waals surface area contributed by atoms with Gasteiger partial charge in [-0.15, -0.1) is 10.2 Å². The number of ether oxygens (including phenoxy) is 1. The minimum atomic E-state index is -3.23. The number of rotatable bonds is 8. The number of hydrogen-bond donors (Lipinski definition) is 1. The van der Waals surface area contributed by atoms with Crippen LogP contribution in [0.1, 0.15) is 34.6 Å². The van der Waals surface area contributed by atoms with Gasteiger partial charge in [0.15, 0.2) is 11.6 Å². The number of tetrazole rings is 1. The van der Waals surface area contributed by atoms with Crippen LogP contribution in [0.5, 0.6) is 5.75 Å². The molecule has 1 aliphatic rings. The second kappa shape index (κ2) is 10.7. The summed E-state index contributed by atoms with van der Waals surface area (Å²) in [6.07, 6.45) is 2.88. The van der Waals surface area contributed by atoms with Crippen LogP contribution in [0, 0.1) is 18.7 Å². The van der Waals surface area contributed by atoms with E-state index in [2.05, 4.69) is 25.7 Å². The first-order valence-electron chi connectivity index (χ1n) is 11.4. The Morgan fingerprint density at radius 3 is 2.83 bits per heavy atom. The molecule has 11 nitrogen and oxygen atoms in total. The van der Waals surface area contributed by atoms with Gasteiger partial charge in [0.1, 0.15) is 5.69 Å². The van der Waals surface area contributed by atoms with Crippen molar-refractivity contribution in [2.24, 2.45) is 5.92 Å². The molecule has 1 aliphatic heterocycles. The van der Waals surface area contributed by atoms with Crippen molar-refractivity contribution < 1.29 is 22.3 Å². The van der Waals surface area contributed by atoms with Crippen LogP contribution in [0.3, 0.4) is 0 Å². The van der Waals surface area contributed by atoms with E-state index in [1.54, 1.807) is 25.1 Å². The number of piperidine rings is 1. The average Bonchev–Trinajstić information content (AvgIpc) is 3.31. The number of carbonyl (C=O) groups excluding carboxylic acids is 1. The third-order valence-electron chi connectivity index (χ3n) is 5.94. The van der Waals surface area contributed by atoms with E-state index in [0.29, 0.717) is 42.3 Å². The van der Waals surface area contributed by atoms with E-state index in [1.807, 2.05) is 0 Å². The lowest BCUT2D eigenvalue weighted by Crippen LogP contribution is -2.40. The number of nitrogens with zero attached hydrogens (tertiary/aromatic N) is 6. The zero-order valence-electron chi connectivity index (χ0n) is 20.3. The predicted molar refractivity (Wildman–Crippen MR) is 129 cm³/mol. The standard InChI is InChI=1S/C23H28FN7O4S/c1-15-9-18(11-20(26-15)23(32)25-12-16-6-7-19(24)21(10-16)35-2)22-27-29-31(28-22)14-17-5-4-8-30(13-17)36(3,33)34/h6-7,9-11,17H,4-5,8,12-14H2,1-3H3,(H,25,32). The molecule has 3 aromatic rings. The SMILES string of the molecule is COc1cc(CNC(=O)c2cc(-c3nnn(CC4CCCN(S(C)(=O)=O)C4)n3)cc(C)n2)ccc1F. The van der Waals surface area contributed by atoms with Crippen LogP contribution in [0.4, 0.5) is 4.39 Å². The summed E-state index contributed by atoms with van der Waals surface area (Å²) in [4.78, 5) is 18.5. The number of pyridine rings is 1. The highest BCUT2D eigenvalue weighted by Crippen LogP contribution is 2.21. The summed E-state index contributed by atoms with van der Waals surface area (Å²) in [5.74, 6) is -0.355. The second-order valence-corrected chi connectivity index (χ2v) is 10.8. The van der Waals surface area contributed by atoms with Crippen LogP contribution in [-0.4, -0.2) is 70.3 Å². The normalized spacial score (nSPS) is 16.6. The lowest BCUT2D eigenvalue weighted by atomic mass is 10.00. The number of benzene rings is 1. The Bertz CT molecular complexity index is 1360. The van der Waals surface area contributed by atoms with E-state index >= 15 is 0 Å². The smallest absolute Gasteiger partial charge is 0.270 e. The third kappa shape index (κ3) is 6.21. The lowest BCUT2D eigenvalue weighted by molar-refractivity contribution is 0.0945. The van der Waals surface area contributed by atoms with Crippen molar-refractivity contribution in [3.8, 4) is 17.1 Å². The van der Waals surface area contributed by atoms with E-state index in [1.165, 1.54) is 34.6 Å². The number of sulfonamides is 1. The second-order valence-electron chi connectivity index (χ2n) is 8.83. The van der Waals surface area contributed by atoms with Gasteiger partial charge in [0.2, 0.25) is 15.8 Å². The number of aromatic nitrogens is 5. The number of amides is 1. The van der Waals surface area contributed by atoms with Crippen LogP contribution in [0.25, 0.3) is 11.4 Å². The zero-order valence-corrected chi connectivity index (χ0v) is 21.1. The van der Waals surface area contributed by atoms with Crippen molar-refractivity contribution in [3.05, 3.63) is 53.1 Å². The lowest BCUT2D eigenvalue weighted by Gasteiger charge is -2.30. The average molecular weight is 518 g/mol. The molecular formula is C23H28FN7O4S. The minimum Gasteiger partial charge on any atom is -0.494 e. The minimum absolute atomic E-state index is 0.0844. The molecule has 1 amide bonds. The molecule has 2 aromatic heterocycles. The first-order chi connectivity index (χ1) is 17.1. The highest BCUT2D eigenvalue weighted by atomic mass is 32.2. The summed E-state index contributed by atoms with van der Waals surface area (Å²) >= 11 is 0. The number of nitrogens with one attached hydrogen (secondary N) is 1. The molecule has 1 N–H and O–H groups in total. The number of halogens is 1. The van der Waals surface area contributed by atoms with Gasteiger partial charge < -0.3 is 10.1 Å². The van der Waals surface area contributed by atoms with Crippen LogP contribution in [0.15, 0.2) is 30.3 Å². The molecule has 36 heavy (non-hydrogen) atoms. The Balaban J connectivity index is 1.44. The fourth-order valence-electron chi connectivity index (χ4n) is 4.15. The highest BCUT2D eigenvalue weighted by molar-refractivity contribution is 7.88. The Kier molecular flexibility index (Phi) is 7.59. The van der Waals surface area contributed by atoms with Crippen molar-refractivity contribution in [1.29, 1.82) is 0 Å². The molecule has 0 spiro atoms. The van der Waals surface area contributed by atoms with Gasteiger partial charge in [-0.1, -0.05) is 6.07 Å². The van der Waals surface area contributed by atoms with Gasteiger partial charge in [0, 0.05) is 30.9 Å². The molecule has 0 bridgehead atoms. The van der Waals surface area contributed by atoms with E-state index in [-0.39, 0.29) is 23.9 Å². The molecule has 1 aromatic carbocycles. The highest BCUT2D eigenvalue weighted by Gasteiger charge is 2.26. The quantitative estimate of drug-likeness (QED) is 0.478. The van der Waals surface area contributed by atoms with Crippen LogP contribution in [-0.2, 0) is 23.1 Å². The van der Waals surface area contributed by atoms with Crippen molar-refractivity contribution in [3.63, 3.8) is 0 Å². The number of hydrogen-bond acceptors (Lipinski definition) is 8. The first kappa shape index (κ1) is 25.6. The van der Waals surface area contributed by atoms with Crippen molar-refractivity contribution in [1.82, 2.24) is 34.8 Å². The third-order valence-corrected chi connectivity index (χ3v) is 7.21. The number of carbonyl (C=O) groups is 1. The summed E-state index contributed by atoms with van der Waals surface area (Å²) in [6, 6.07) is 7.71. The van der Waals surface area contributed by atoms with Crippen molar-refractivity contribution in [2.75, 3.05) is 26.5 Å². The van der Waals surface area contributed by atoms with Gasteiger partial charge in [0.25, 0.3) is 5.91 Å². The van der Waals surface area contributed by atoms with Gasteiger partial charge in [-0.25, -0.2) is 22.1 Å². The monoisotopic (exact) mass is 517 g/mol. The Morgan fingerprint density at radius 2 is 2.08 bits per heavy atom. The Morgan fingerprint density at radius 1 is 1.28 bits per heavy atom. The van der Waals surface area contributed by atoms with Gasteiger partial charge in [0.05, 0.1) is 19.9 Å². The topological polar surface area (TPSA) is 132 Å². The molecule has 0 aliphatic carbocycles. The van der Waals surface area contributed by atoms with E-state index in [9.17, 15) is 17.6 Å². The molecule has 0 radical (unpaired) electrons. The van der Waals surface area contributed by atoms with Crippen LogP contribution >= 0.6 is 0 Å². The van der Waals surface area contributed by atoms with E-state index in [0.717, 1.165) is 12.8 Å². The maximum atomic E-state index is 13.6. The van der Waals surface area contributed by atoms with Crippen LogP contribution in [0.2, 0.25) is 0 Å². The summed E-state index contributed by atoms with van der Waals surface area (Å²) in [7, 11) is -1.86. The number of methoxy groups -OCH3 is 1. The maximum absolute atomic E-state index is 13.6. The number of aryl methyl sites for hydroxylation is 1. The molecule has 1 atom stereocenters. The fourth-order valence-corrected chi connectivity index (χ4v) is 5.09. The Hall–Kier alpha value is -3.45. The largest absolute Gasteiger partial charge is 0.494 e. The molecule has 1 saturated heterocycles. The molecule has 192 valence electrons. The summed E-state index contributed by atoms with van der Waals surface area (Å²) in [5.41, 5.74) is 2.06. The van der Waals surface area contributed by atoms with Gasteiger partial charge in [-0.05, 0) is 60.7 Å². The first-order valence-corrected chi connectivity index (χ1v) is 13.3. The van der Waals surface area contributed by atoms with Crippen molar-refractivity contribution >= 4 is 15.9 Å². The van der Waals surface area contributed by atoms with E-state index < -0.39 is 21.7 Å². The fraction of sp³-hybridized carbons (Fsp3) is 0.435. The van der Waals surface area contributed by atoms with Gasteiger partial charge in [-0.2, -0.15) is 4.80 Å². The zero-order chi connectivity index (χ0) is 25.9. The van der Waals surface area contributed by atoms with Crippen LogP contribution < -0.4 is 10.1 Å². The van der Waals surface area contributed by atoms with E-state index in [4.69, 9.17) is 4.74 Å². The van der Waals surface area contributed by atoms with Gasteiger partial charge >= 0.3 is 0 Å². The molecular weight excluding hydrogens is 489 g/mol. The van der Waals surface area contributed by atoms with Crippen molar-refractivity contribution in [2.45, 2.75) is 32.9 Å². The summed E-state index contributed by atoms with van der Waals surface area (Å²) < 4.78 is 43.8.